The van der Waals surface area contributed by atoms with E-state index in [1.807, 2.05) is 0 Å². The fourth-order valence-corrected chi connectivity index (χ4v) is 3.31. The van der Waals surface area contributed by atoms with E-state index in [-0.39, 0.29) is 6.10 Å². The first-order valence-corrected chi connectivity index (χ1v) is 5.90. The van der Waals surface area contributed by atoms with Gasteiger partial charge in [0, 0.05) is 18.6 Å². The number of aliphatic hydroxyl groups is 1. The molecule has 2 aliphatic heterocycles. The van der Waals surface area contributed by atoms with Crippen LogP contribution < -0.4 is 0 Å². The van der Waals surface area contributed by atoms with Crippen molar-refractivity contribution in [3.8, 4) is 0 Å². The summed E-state index contributed by atoms with van der Waals surface area (Å²) in [6, 6.07) is 1.04. The molecule has 3 rings (SSSR count). The van der Waals surface area contributed by atoms with Gasteiger partial charge in [-0.15, -0.1) is 0 Å². The average Bonchev–Trinajstić information content (AvgIpc) is 2.79. The summed E-state index contributed by atoms with van der Waals surface area (Å²) >= 11 is 0. The topological polar surface area (TPSA) is 32.7 Å². The predicted octanol–water partition coefficient (Wildman–Crippen LogP) is 0.763. The molecule has 3 heteroatoms. The monoisotopic (exact) mass is 197 g/mol. The summed E-state index contributed by atoms with van der Waals surface area (Å²) in [5, 5.41) is 9.98. The molecule has 0 spiro atoms. The summed E-state index contributed by atoms with van der Waals surface area (Å²) in [5.41, 5.74) is 0. The van der Waals surface area contributed by atoms with Crippen molar-refractivity contribution >= 4 is 0 Å². The van der Waals surface area contributed by atoms with E-state index in [2.05, 4.69) is 4.90 Å². The molecule has 4 unspecified atom stereocenters. The number of ether oxygens (including phenoxy) is 1. The molecule has 3 fully saturated rings. The molecule has 2 heterocycles. The lowest BCUT2D eigenvalue weighted by molar-refractivity contribution is -0.0382. The number of nitrogens with zero attached hydrogens (tertiary/aromatic N) is 1. The Morgan fingerprint density at radius 2 is 2.07 bits per heavy atom. The lowest BCUT2D eigenvalue weighted by Crippen LogP contribution is -2.50. The van der Waals surface area contributed by atoms with Crippen LogP contribution in [0.3, 0.4) is 0 Å². The minimum absolute atomic E-state index is 0.0805. The summed E-state index contributed by atoms with van der Waals surface area (Å²) < 4.78 is 5.58. The standard InChI is InChI=1S/C11H19NO2/c13-11-4-2-1-3-10(11)12-6-9-5-8(12)7-14-9/h8-11,13H,1-7H2. The van der Waals surface area contributed by atoms with Gasteiger partial charge in [-0.05, 0) is 19.3 Å². The minimum Gasteiger partial charge on any atom is -0.391 e. The number of rotatable bonds is 1. The van der Waals surface area contributed by atoms with Crippen LogP contribution in [0.5, 0.6) is 0 Å². The largest absolute Gasteiger partial charge is 0.391 e. The number of likely N-dealkylation sites (tertiary alicyclic amines) is 1. The number of fused-ring (bicyclic) bond motifs is 2. The van der Waals surface area contributed by atoms with Crippen molar-refractivity contribution in [2.45, 2.75) is 56.4 Å². The molecule has 0 amide bonds. The van der Waals surface area contributed by atoms with Crippen LogP contribution in [-0.4, -0.2) is 47.4 Å². The van der Waals surface area contributed by atoms with Crippen molar-refractivity contribution in [2.24, 2.45) is 0 Å². The highest BCUT2D eigenvalue weighted by molar-refractivity contribution is 4.97. The van der Waals surface area contributed by atoms with E-state index in [0.29, 0.717) is 18.2 Å². The maximum atomic E-state index is 9.98. The van der Waals surface area contributed by atoms with E-state index in [1.54, 1.807) is 0 Å². The second kappa shape index (κ2) is 3.47. The average molecular weight is 197 g/mol. The van der Waals surface area contributed by atoms with Crippen molar-refractivity contribution in [2.75, 3.05) is 13.2 Å². The van der Waals surface area contributed by atoms with Gasteiger partial charge in [0.1, 0.15) is 0 Å². The van der Waals surface area contributed by atoms with Gasteiger partial charge in [-0.25, -0.2) is 0 Å². The van der Waals surface area contributed by atoms with Gasteiger partial charge in [-0.2, -0.15) is 0 Å². The van der Waals surface area contributed by atoms with Gasteiger partial charge in [0.25, 0.3) is 0 Å². The third-order valence-electron chi connectivity index (χ3n) is 4.06. The molecule has 1 aliphatic carbocycles. The van der Waals surface area contributed by atoms with Crippen LogP contribution in [0.1, 0.15) is 32.1 Å². The highest BCUT2D eigenvalue weighted by Crippen LogP contribution is 2.34. The molecule has 3 nitrogen and oxygen atoms in total. The Morgan fingerprint density at radius 1 is 1.21 bits per heavy atom. The Labute approximate surface area is 85.0 Å². The molecule has 0 aromatic carbocycles. The Bertz CT molecular complexity index is 221. The molecule has 0 radical (unpaired) electrons. The van der Waals surface area contributed by atoms with E-state index in [1.165, 1.54) is 25.7 Å². The van der Waals surface area contributed by atoms with Gasteiger partial charge >= 0.3 is 0 Å². The number of aliphatic hydroxyl groups excluding tert-OH is 1. The van der Waals surface area contributed by atoms with Crippen LogP contribution >= 0.6 is 0 Å². The van der Waals surface area contributed by atoms with Gasteiger partial charge in [-0.1, -0.05) is 12.8 Å². The van der Waals surface area contributed by atoms with Gasteiger partial charge in [0.15, 0.2) is 0 Å². The molecule has 4 atom stereocenters. The normalized spacial score (nSPS) is 48.6. The first-order valence-electron chi connectivity index (χ1n) is 5.90. The van der Waals surface area contributed by atoms with Gasteiger partial charge in [-0.3, -0.25) is 4.90 Å². The highest BCUT2D eigenvalue weighted by Gasteiger charge is 2.44. The van der Waals surface area contributed by atoms with Crippen LogP contribution in [0.25, 0.3) is 0 Å². The second-order valence-electron chi connectivity index (χ2n) is 4.96. The van der Waals surface area contributed by atoms with Crippen molar-refractivity contribution in [3.63, 3.8) is 0 Å². The second-order valence-corrected chi connectivity index (χ2v) is 4.96. The van der Waals surface area contributed by atoms with Crippen LogP contribution in [-0.2, 0) is 4.74 Å². The number of morpholine rings is 1. The molecule has 1 N–H and O–H groups in total. The third kappa shape index (κ3) is 1.38. The highest BCUT2D eigenvalue weighted by atomic mass is 16.5. The summed E-state index contributed by atoms with van der Waals surface area (Å²) in [6.45, 7) is 1.96. The molecule has 3 aliphatic rings. The zero-order valence-electron chi connectivity index (χ0n) is 8.56. The maximum Gasteiger partial charge on any atom is 0.0718 e. The van der Waals surface area contributed by atoms with Gasteiger partial charge < -0.3 is 9.84 Å². The minimum atomic E-state index is -0.0805. The van der Waals surface area contributed by atoms with E-state index >= 15 is 0 Å². The van der Waals surface area contributed by atoms with E-state index in [9.17, 15) is 5.11 Å². The van der Waals surface area contributed by atoms with Crippen LogP contribution in [0.4, 0.5) is 0 Å². The molecule has 0 aromatic rings. The zero-order chi connectivity index (χ0) is 9.54. The third-order valence-corrected chi connectivity index (χ3v) is 4.06. The smallest absolute Gasteiger partial charge is 0.0718 e. The summed E-state index contributed by atoms with van der Waals surface area (Å²) in [4.78, 5) is 2.51. The Morgan fingerprint density at radius 3 is 2.71 bits per heavy atom. The molecule has 80 valence electrons. The first kappa shape index (κ1) is 9.13. The summed E-state index contributed by atoms with van der Waals surface area (Å²) in [7, 11) is 0. The molecule has 1 saturated carbocycles. The predicted molar refractivity (Wildman–Crippen MR) is 53.1 cm³/mol. The van der Waals surface area contributed by atoms with E-state index < -0.39 is 0 Å². The molecule has 14 heavy (non-hydrogen) atoms. The Kier molecular flexibility index (Phi) is 2.26. The van der Waals surface area contributed by atoms with Crippen molar-refractivity contribution < 1.29 is 9.84 Å². The summed E-state index contributed by atoms with van der Waals surface area (Å²) in [5.74, 6) is 0. The Hall–Kier alpha value is -0.120. The SMILES string of the molecule is OC1CCCCC1N1CC2CC1CO2. The lowest BCUT2D eigenvalue weighted by atomic mass is 9.91. The fraction of sp³-hybridized carbons (Fsp3) is 1.00. The molecule has 2 saturated heterocycles. The van der Waals surface area contributed by atoms with Crippen molar-refractivity contribution in [1.29, 1.82) is 0 Å². The van der Waals surface area contributed by atoms with E-state index in [0.717, 1.165) is 19.6 Å². The van der Waals surface area contributed by atoms with Crippen molar-refractivity contribution in [1.82, 2.24) is 4.90 Å². The molecule has 2 bridgehead atoms. The fourth-order valence-electron chi connectivity index (χ4n) is 3.31. The molecular formula is C11H19NO2. The molecule has 0 aromatic heterocycles. The maximum absolute atomic E-state index is 9.98. The van der Waals surface area contributed by atoms with E-state index in [4.69, 9.17) is 4.74 Å². The quantitative estimate of drug-likeness (QED) is 0.673. The number of hydrogen-bond acceptors (Lipinski definition) is 3. The zero-order valence-corrected chi connectivity index (χ0v) is 8.56. The number of hydrogen-bond donors (Lipinski definition) is 1. The lowest BCUT2D eigenvalue weighted by Gasteiger charge is -2.39. The first-order chi connectivity index (χ1) is 6.84. The van der Waals surface area contributed by atoms with Crippen LogP contribution in [0.15, 0.2) is 0 Å². The molecular weight excluding hydrogens is 178 g/mol. The summed E-state index contributed by atoms with van der Waals surface area (Å²) in [6.07, 6.45) is 6.26. The Balaban J connectivity index is 1.69. The van der Waals surface area contributed by atoms with Crippen LogP contribution in [0, 0.1) is 0 Å². The van der Waals surface area contributed by atoms with Gasteiger partial charge in [0.2, 0.25) is 0 Å². The van der Waals surface area contributed by atoms with Crippen LogP contribution in [0.2, 0.25) is 0 Å². The van der Waals surface area contributed by atoms with Gasteiger partial charge in [0.05, 0.1) is 18.8 Å². The van der Waals surface area contributed by atoms with Crippen molar-refractivity contribution in [3.05, 3.63) is 0 Å².